The number of rotatable bonds is 2. The predicted octanol–water partition coefficient (Wildman–Crippen LogP) is 3.07. The first-order chi connectivity index (χ1) is 10.0. The molecular formula is C16H13BrN2O2. The van der Waals surface area contributed by atoms with Crippen LogP contribution in [0, 0.1) is 0 Å². The molecule has 2 heterocycles. The standard InChI is InChI=1S/C16H13BrN2O2/c1-16(11-5-3-2-4-6-11)9-14(20)19(15(16)21)13-8-7-12(17)10-18-13/h2-8,10H,9H2,1H3. The number of hydrogen-bond acceptors (Lipinski definition) is 3. The van der Waals surface area contributed by atoms with Gasteiger partial charge in [0, 0.05) is 17.1 Å². The monoisotopic (exact) mass is 344 g/mol. The fraction of sp³-hybridized carbons (Fsp3) is 0.188. The van der Waals surface area contributed by atoms with Gasteiger partial charge in [0.2, 0.25) is 11.8 Å². The lowest BCUT2D eigenvalue weighted by molar-refractivity contribution is -0.122. The Hall–Kier alpha value is -2.01. The highest BCUT2D eigenvalue weighted by molar-refractivity contribution is 9.10. The van der Waals surface area contributed by atoms with Crippen molar-refractivity contribution in [3.05, 3.63) is 58.7 Å². The third-order valence-electron chi connectivity index (χ3n) is 3.78. The smallest absolute Gasteiger partial charge is 0.245 e. The van der Waals surface area contributed by atoms with Crippen LogP contribution in [0.3, 0.4) is 0 Å². The Morgan fingerprint density at radius 2 is 1.86 bits per heavy atom. The van der Waals surface area contributed by atoms with Crippen LogP contribution in [0.1, 0.15) is 18.9 Å². The summed E-state index contributed by atoms with van der Waals surface area (Å²) < 4.78 is 0.802. The van der Waals surface area contributed by atoms with Gasteiger partial charge in [-0.2, -0.15) is 0 Å². The number of hydrogen-bond donors (Lipinski definition) is 0. The van der Waals surface area contributed by atoms with Gasteiger partial charge in [-0.25, -0.2) is 9.88 Å². The van der Waals surface area contributed by atoms with Gasteiger partial charge < -0.3 is 0 Å². The van der Waals surface area contributed by atoms with E-state index in [1.54, 1.807) is 25.3 Å². The Kier molecular flexibility index (Phi) is 3.37. The molecule has 1 aromatic carbocycles. The molecule has 0 aliphatic carbocycles. The quantitative estimate of drug-likeness (QED) is 0.786. The number of benzene rings is 1. The van der Waals surface area contributed by atoms with E-state index in [1.807, 2.05) is 30.3 Å². The van der Waals surface area contributed by atoms with E-state index in [0.29, 0.717) is 5.82 Å². The van der Waals surface area contributed by atoms with Crippen LogP contribution in [0.15, 0.2) is 53.1 Å². The maximum Gasteiger partial charge on any atom is 0.245 e. The minimum atomic E-state index is -0.826. The molecule has 0 radical (unpaired) electrons. The summed E-state index contributed by atoms with van der Waals surface area (Å²) in [7, 11) is 0. The maximum absolute atomic E-state index is 12.8. The van der Waals surface area contributed by atoms with Gasteiger partial charge in [0.05, 0.1) is 5.41 Å². The first-order valence-electron chi connectivity index (χ1n) is 6.57. The van der Waals surface area contributed by atoms with Crippen molar-refractivity contribution < 1.29 is 9.59 Å². The van der Waals surface area contributed by atoms with Crippen LogP contribution in [0.2, 0.25) is 0 Å². The van der Waals surface area contributed by atoms with E-state index in [1.165, 1.54) is 4.90 Å². The van der Waals surface area contributed by atoms with Crippen molar-refractivity contribution in [2.75, 3.05) is 4.90 Å². The molecule has 1 aromatic heterocycles. The van der Waals surface area contributed by atoms with Crippen LogP contribution < -0.4 is 4.90 Å². The van der Waals surface area contributed by atoms with Crippen LogP contribution in [0.4, 0.5) is 5.82 Å². The van der Waals surface area contributed by atoms with Crippen LogP contribution >= 0.6 is 15.9 Å². The molecule has 1 saturated heterocycles. The van der Waals surface area contributed by atoms with Crippen LogP contribution in [-0.4, -0.2) is 16.8 Å². The van der Waals surface area contributed by atoms with Crippen LogP contribution in [0.25, 0.3) is 0 Å². The van der Waals surface area contributed by atoms with E-state index in [-0.39, 0.29) is 18.2 Å². The lowest BCUT2D eigenvalue weighted by Gasteiger charge is -2.22. The largest absolute Gasteiger partial charge is 0.274 e. The predicted molar refractivity (Wildman–Crippen MR) is 82.8 cm³/mol. The molecule has 5 heteroatoms. The molecule has 1 fully saturated rings. The third kappa shape index (κ3) is 2.27. The first kappa shape index (κ1) is 13.9. The number of halogens is 1. The van der Waals surface area contributed by atoms with E-state index in [0.717, 1.165) is 10.0 Å². The number of aromatic nitrogens is 1. The Labute approximate surface area is 130 Å². The van der Waals surface area contributed by atoms with Gasteiger partial charge >= 0.3 is 0 Å². The van der Waals surface area contributed by atoms with E-state index in [9.17, 15) is 9.59 Å². The molecule has 106 valence electrons. The summed E-state index contributed by atoms with van der Waals surface area (Å²) in [6, 6.07) is 12.8. The summed E-state index contributed by atoms with van der Waals surface area (Å²) in [6.45, 7) is 1.81. The van der Waals surface area contributed by atoms with Gasteiger partial charge in [0.15, 0.2) is 0 Å². The lowest BCUT2D eigenvalue weighted by atomic mass is 9.81. The van der Waals surface area contributed by atoms with Crippen LogP contribution in [0.5, 0.6) is 0 Å². The second-order valence-corrected chi connectivity index (χ2v) is 6.16. The number of amides is 2. The van der Waals surface area contributed by atoms with Crippen molar-refractivity contribution in [3.63, 3.8) is 0 Å². The number of carbonyl (C=O) groups is 2. The molecule has 1 atom stereocenters. The topological polar surface area (TPSA) is 50.3 Å². The van der Waals surface area contributed by atoms with E-state index in [2.05, 4.69) is 20.9 Å². The highest BCUT2D eigenvalue weighted by atomic mass is 79.9. The Bertz CT molecular complexity index is 700. The van der Waals surface area contributed by atoms with Gasteiger partial charge in [-0.1, -0.05) is 30.3 Å². The van der Waals surface area contributed by atoms with E-state index < -0.39 is 5.41 Å². The zero-order chi connectivity index (χ0) is 15.0. The summed E-state index contributed by atoms with van der Waals surface area (Å²) in [5, 5.41) is 0. The SMILES string of the molecule is CC1(c2ccccc2)CC(=O)N(c2ccc(Br)cn2)C1=O. The molecule has 0 bridgehead atoms. The minimum absolute atomic E-state index is 0.160. The molecule has 0 spiro atoms. The fourth-order valence-corrected chi connectivity index (χ4v) is 2.82. The van der Waals surface area contributed by atoms with Crippen molar-refractivity contribution in [1.29, 1.82) is 0 Å². The van der Waals surface area contributed by atoms with Crippen LogP contribution in [-0.2, 0) is 15.0 Å². The summed E-state index contributed by atoms with van der Waals surface area (Å²) in [4.78, 5) is 30.4. The van der Waals surface area contributed by atoms with Crippen molar-refractivity contribution in [2.24, 2.45) is 0 Å². The van der Waals surface area contributed by atoms with E-state index in [4.69, 9.17) is 0 Å². The number of nitrogens with zero attached hydrogens (tertiary/aromatic N) is 2. The van der Waals surface area contributed by atoms with Gasteiger partial charge in [-0.15, -0.1) is 0 Å². The number of anilines is 1. The molecule has 1 aliphatic rings. The average molecular weight is 345 g/mol. The summed E-state index contributed by atoms with van der Waals surface area (Å²) in [6.07, 6.45) is 1.74. The third-order valence-corrected chi connectivity index (χ3v) is 4.25. The molecule has 21 heavy (non-hydrogen) atoms. The Balaban J connectivity index is 2.01. The van der Waals surface area contributed by atoms with Gasteiger partial charge in [-0.3, -0.25) is 9.59 Å². The molecule has 4 nitrogen and oxygen atoms in total. The second-order valence-electron chi connectivity index (χ2n) is 5.24. The fourth-order valence-electron chi connectivity index (χ4n) is 2.58. The molecular weight excluding hydrogens is 332 g/mol. The zero-order valence-corrected chi connectivity index (χ0v) is 13.0. The highest BCUT2D eigenvalue weighted by Gasteiger charge is 2.50. The first-order valence-corrected chi connectivity index (χ1v) is 7.36. The molecule has 0 N–H and O–H groups in total. The van der Waals surface area contributed by atoms with Gasteiger partial charge in [-0.05, 0) is 40.5 Å². The average Bonchev–Trinajstić information content (AvgIpc) is 2.72. The van der Waals surface area contributed by atoms with Gasteiger partial charge in [0.1, 0.15) is 5.82 Å². The molecule has 1 unspecified atom stereocenters. The van der Waals surface area contributed by atoms with Crippen molar-refractivity contribution in [1.82, 2.24) is 4.98 Å². The normalized spacial score (nSPS) is 21.9. The minimum Gasteiger partial charge on any atom is -0.274 e. The summed E-state index contributed by atoms with van der Waals surface area (Å²) in [5.74, 6) is -0.0810. The lowest BCUT2D eigenvalue weighted by Crippen LogP contribution is -2.37. The highest BCUT2D eigenvalue weighted by Crippen LogP contribution is 2.38. The zero-order valence-electron chi connectivity index (χ0n) is 11.4. The molecule has 2 aromatic rings. The summed E-state index contributed by atoms with van der Waals surface area (Å²) >= 11 is 3.29. The molecule has 2 amide bonds. The second kappa shape index (κ2) is 5.07. The molecule has 3 rings (SSSR count). The maximum atomic E-state index is 12.8. The molecule has 0 saturated carbocycles. The van der Waals surface area contributed by atoms with Crippen molar-refractivity contribution in [2.45, 2.75) is 18.8 Å². The molecule has 1 aliphatic heterocycles. The van der Waals surface area contributed by atoms with Crippen molar-refractivity contribution in [3.8, 4) is 0 Å². The number of imide groups is 1. The van der Waals surface area contributed by atoms with Gasteiger partial charge in [0.25, 0.3) is 0 Å². The number of pyridine rings is 1. The van der Waals surface area contributed by atoms with Crippen molar-refractivity contribution >= 4 is 33.6 Å². The summed E-state index contributed by atoms with van der Waals surface area (Å²) in [5.41, 5.74) is 0.0237. The number of carbonyl (C=O) groups excluding carboxylic acids is 2. The Morgan fingerprint density at radius 1 is 1.14 bits per heavy atom. The Morgan fingerprint density at radius 3 is 2.48 bits per heavy atom. The van der Waals surface area contributed by atoms with E-state index >= 15 is 0 Å².